The number of fused-ring (bicyclic) bond motifs is 1. The summed E-state index contributed by atoms with van der Waals surface area (Å²) in [6.45, 7) is 12.7. The van der Waals surface area contributed by atoms with Crippen molar-refractivity contribution in [3.63, 3.8) is 0 Å². The number of carbonyl (C=O) groups is 1. The van der Waals surface area contributed by atoms with Gasteiger partial charge in [0.1, 0.15) is 18.1 Å². The highest BCUT2D eigenvalue weighted by atomic mass is 35.5. The van der Waals surface area contributed by atoms with Gasteiger partial charge in [0.15, 0.2) is 8.32 Å². The van der Waals surface area contributed by atoms with Crippen LogP contribution in [0.1, 0.15) is 63.7 Å². The minimum atomic E-state index is -2.24. The molecule has 12 heteroatoms. The molecule has 1 amide bonds. The van der Waals surface area contributed by atoms with Crippen molar-refractivity contribution < 1.29 is 23.8 Å². The predicted octanol–water partition coefficient (Wildman–Crippen LogP) is 7.38. The molecular formula is C35H50ClN4O6Si. The van der Waals surface area contributed by atoms with Crippen LogP contribution in [0.2, 0.25) is 23.2 Å². The van der Waals surface area contributed by atoms with E-state index in [9.17, 15) is 14.7 Å². The molecule has 0 bridgehead atoms. The van der Waals surface area contributed by atoms with Gasteiger partial charge in [-0.05, 0) is 81.0 Å². The Hall–Kier alpha value is -3.09. The van der Waals surface area contributed by atoms with Crippen LogP contribution >= 0.6 is 11.6 Å². The Morgan fingerprint density at radius 3 is 2.57 bits per heavy atom. The van der Waals surface area contributed by atoms with E-state index in [2.05, 4.69) is 67.9 Å². The number of methoxy groups -OCH3 is 1. The van der Waals surface area contributed by atoms with Gasteiger partial charge in [0.2, 0.25) is 5.56 Å². The van der Waals surface area contributed by atoms with Crippen LogP contribution in [0.3, 0.4) is 0 Å². The summed E-state index contributed by atoms with van der Waals surface area (Å²) in [6, 6.07) is 10.6. The van der Waals surface area contributed by atoms with Crippen molar-refractivity contribution in [3.8, 4) is 11.5 Å². The number of aromatic nitrogens is 1. The quantitative estimate of drug-likeness (QED) is 0.137. The van der Waals surface area contributed by atoms with Crippen molar-refractivity contribution in [1.29, 1.82) is 0 Å². The number of nitrogens with zero attached hydrogens (tertiary/aromatic N) is 1. The van der Waals surface area contributed by atoms with E-state index >= 15 is 0 Å². The van der Waals surface area contributed by atoms with Gasteiger partial charge in [-0.1, -0.05) is 38.4 Å². The van der Waals surface area contributed by atoms with Gasteiger partial charge in [-0.15, -0.1) is 0 Å². The number of hydrogen-bond donors (Lipinski definition) is 4. The highest BCUT2D eigenvalue weighted by Crippen LogP contribution is 2.41. The summed E-state index contributed by atoms with van der Waals surface area (Å²) in [5.41, 5.74) is 2.15. The lowest BCUT2D eigenvalue weighted by atomic mass is 9.94. The van der Waals surface area contributed by atoms with Crippen LogP contribution in [0, 0.1) is 6.42 Å². The summed E-state index contributed by atoms with van der Waals surface area (Å²) < 4.78 is 18.0. The molecule has 3 aromatic rings. The molecule has 1 aromatic heterocycles. The standard InChI is InChI=1S/C35H50ClN4O6Si/c1-35(2,3)47(6,7)46-31(25-13-15-29(41)33-26(25)14-16-32(42)39-33)22-37-21-23-19-27(36)28(20-30(23)44-5)38-34(43)45-18-17-40(4)24-11-9-8-10-12-24/h8,13-16,19-20,24,31,37,41H,9-12,17-18,21-22H2,1-7H3,(H,38,43)(H,39,42)/t31-/m0/s1. The first-order valence-electron chi connectivity index (χ1n) is 16.3. The van der Waals surface area contributed by atoms with E-state index in [1.807, 2.05) is 6.07 Å². The van der Waals surface area contributed by atoms with Crippen molar-refractivity contribution in [2.24, 2.45) is 0 Å². The zero-order valence-corrected chi connectivity index (χ0v) is 30.4. The molecule has 4 rings (SSSR count). The number of ether oxygens (including phenoxy) is 2. The molecular weight excluding hydrogens is 636 g/mol. The fourth-order valence-corrected chi connectivity index (χ4v) is 7.11. The number of pyridine rings is 1. The number of benzene rings is 2. The van der Waals surface area contributed by atoms with E-state index < -0.39 is 14.4 Å². The number of aromatic amines is 1. The van der Waals surface area contributed by atoms with Crippen LogP contribution in [0.5, 0.6) is 11.5 Å². The third kappa shape index (κ3) is 9.51. The molecule has 1 saturated carbocycles. The molecule has 1 aliphatic rings. The van der Waals surface area contributed by atoms with Gasteiger partial charge in [-0.2, -0.15) is 0 Å². The average Bonchev–Trinajstić information content (AvgIpc) is 3.02. The van der Waals surface area contributed by atoms with Gasteiger partial charge in [-0.25, -0.2) is 4.79 Å². The first kappa shape index (κ1) is 36.7. The van der Waals surface area contributed by atoms with Crippen molar-refractivity contribution in [1.82, 2.24) is 15.2 Å². The molecule has 0 saturated heterocycles. The molecule has 0 aliphatic heterocycles. The van der Waals surface area contributed by atoms with Crippen LogP contribution in [-0.2, 0) is 15.7 Å². The number of hydrogen-bond acceptors (Lipinski definition) is 8. The van der Waals surface area contributed by atoms with E-state index in [1.54, 1.807) is 31.4 Å². The first-order chi connectivity index (χ1) is 22.2. The number of H-pyrrole nitrogens is 1. The van der Waals surface area contributed by atoms with E-state index in [-0.39, 0.29) is 29.1 Å². The number of carbonyl (C=O) groups excluding carboxylic acids is 1. The Morgan fingerprint density at radius 1 is 1.17 bits per heavy atom. The smallest absolute Gasteiger partial charge is 0.411 e. The maximum atomic E-state index is 12.6. The van der Waals surface area contributed by atoms with Gasteiger partial charge < -0.3 is 34.2 Å². The number of phenols is 1. The van der Waals surface area contributed by atoms with E-state index in [0.717, 1.165) is 42.2 Å². The lowest BCUT2D eigenvalue weighted by molar-refractivity contribution is 0.126. The highest BCUT2D eigenvalue weighted by Gasteiger charge is 2.39. The van der Waals surface area contributed by atoms with Crippen LogP contribution in [-0.4, -0.2) is 69.3 Å². The molecule has 257 valence electrons. The Bertz CT molecular complexity index is 1580. The molecule has 1 radical (unpaired) electrons. The lowest BCUT2D eigenvalue weighted by Gasteiger charge is -2.39. The van der Waals surface area contributed by atoms with Gasteiger partial charge in [-0.3, -0.25) is 10.1 Å². The fourth-order valence-electron chi connectivity index (χ4n) is 5.60. The molecule has 2 aromatic carbocycles. The second-order valence-corrected chi connectivity index (χ2v) is 18.9. The molecule has 1 aliphatic carbocycles. The van der Waals surface area contributed by atoms with Crippen LogP contribution in [0.25, 0.3) is 10.9 Å². The number of amides is 1. The number of rotatable bonds is 13. The minimum Gasteiger partial charge on any atom is -0.506 e. The average molecular weight is 686 g/mol. The summed E-state index contributed by atoms with van der Waals surface area (Å²) in [6.07, 6.45) is 5.92. The van der Waals surface area contributed by atoms with Crippen molar-refractivity contribution >= 4 is 42.6 Å². The van der Waals surface area contributed by atoms with Gasteiger partial charge >= 0.3 is 6.09 Å². The Balaban J connectivity index is 1.44. The topological polar surface area (TPSA) is 125 Å². The number of aromatic hydroxyl groups is 1. The van der Waals surface area contributed by atoms with Crippen molar-refractivity contribution in [2.45, 2.75) is 83.3 Å². The first-order valence-corrected chi connectivity index (χ1v) is 19.5. The lowest BCUT2D eigenvalue weighted by Crippen LogP contribution is -2.43. The Morgan fingerprint density at radius 2 is 1.89 bits per heavy atom. The molecule has 47 heavy (non-hydrogen) atoms. The van der Waals surface area contributed by atoms with E-state index in [4.69, 9.17) is 25.5 Å². The molecule has 4 N–H and O–H groups in total. The van der Waals surface area contributed by atoms with Crippen LogP contribution in [0.4, 0.5) is 10.5 Å². The number of anilines is 1. The molecule has 0 spiro atoms. The molecule has 1 fully saturated rings. The number of phenolic OH excluding ortho intramolecular Hbond substituents is 1. The summed E-state index contributed by atoms with van der Waals surface area (Å²) in [7, 11) is 1.40. The van der Waals surface area contributed by atoms with E-state index in [1.165, 1.54) is 6.07 Å². The SMILES string of the molecule is COc1cc(NC(=O)OCCN(C)C2CC[CH]CC2)c(Cl)cc1CNC[C@H](O[Si](C)(C)C(C)(C)C)c1ccc(O)c2[nH]c(=O)ccc12. The molecule has 10 nitrogen and oxygen atoms in total. The molecule has 0 unspecified atom stereocenters. The number of likely N-dealkylation sites (N-methyl/N-ethyl adjacent to an activating group) is 1. The minimum absolute atomic E-state index is 0.00288. The highest BCUT2D eigenvalue weighted by molar-refractivity contribution is 6.74. The normalized spacial score (nSPS) is 15.2. The van der Waals surface area contributed by atoms with Crippen LogP contribution in [0.15, 0.2) is 41.2 Å². The fraction of sp³-hybridized carbons (Fsp3) is 0.514. The third-order valence-corrected chi connectivity index (χ3v) is 14.3. The van der Waals surface area contributed by atoms with Crippen molar-refractivity contribution in [2.75, 3.05) is 39.2 Å². The Labute approximate surface area is 284 Å². The monoisotopic (exact) mass is 685 g/mol. The third-order valence-electron chi connectivity index (χ3n) is 9.46. The summed E-state index contributed by atoms with van der Waals surface area (Å²) in [5, 5.41) is 17.8. The second kappa shape index (κ2) is 15.9. The Kier molecular flexibility index (Phi) is 12.4. The largest absolute Gasteiger partial charge is 0.506 e. The summed E-state index contributed by atoms with van der Waals surface area (Å²) >= 11 is 6.62. The number of nitrogens with one attached hydrogen (secondary N) is 3. The summed E-state index contributed by atoms with van der Waals surface area (Å²) in [4.78, 5) is 29.6. The van der Waals surface area contributed by atoms with Gasteiger partial charge in [0.25, 0.3) is 0 Å². The zero-order valence-electron chi connectivity index (χ0n) is 28.7. The molecule has 1 heterocycles. The van der Waals surface area contributed by atoms with E-state index in [0.29, 0.717) is 47.7 Å². The van der Waals surface area contributed by atoms with Gasteiger partial charge in [0.05, 0.1) is 29.4 Å². The predicted molar refractivity (Wildman–Crippen MR) is 191 cm³/mol. The number of halogens is 1. The van der Waals surface area contributed by atoms with Gasteiger partial charge in [0, 0.05) is 48.8 Å². The van der Waals surface area contributed by atoms with Crippen molar-refractivity contribution in [3.05, 3.63) is 69.3 Å². The maximum Gasteiger partial charge on any atom is 0.411 e. The van der Waals surface area contributed by atoms with Crippen LogP contribution < -0.4 is 20.9 Å². The zero-order chi connectivity index (χ0) is 34.4. The maximum absolute atomic E-state index is 12.6. The second-order valence-electron chi connectivity index (χ2n) is 13.8. The molecule has 1 atom stereocenters. The summed E-state index contributed by atoms with van der Waals surface area (Å²) in [5.74, 6) is 0.559.